The zero-order chi connectivity index (χ0) is 37.8. The fourth-order valence-electron chi connectivity index (χ4n) is 10.7. The Morgan fingerprint density at radius 1 is 0.286 bits per heavy atom. The van der Waals surface area contributed by atoms with Crippen LogP contribution in [0.25, 0.3) is 33.4 Å². The normalized spacial score (nSPS) is 15.6. The highest BCUT2D eigenvalue weighted by Gasteiger charge is 2.53. The average Bonchev–Trinajstić information content (AvgIpc) is 3.66. The first-order valence-corrected chi connectivity index (χ1v) is 19.9. The summed E-state index contributed by atoms with van der Waals surface area (Å²) in [5, 5.41) is 0. The largest absolute Gasteiger partial charge is 0.310 e. The predicted molar refractivity (Wildman–Crippen MR) is 234 cm³/mol. The van der Waals surface area contributed by atoms with E-state index >= 15 is 0 Å². The number of nitrogens with zero attached hydrogens (tertiary/aromatic N) is 1. The van der Waals surface area contributed by atoms with Gasteiger partial charge in [-0.1, -0.05) is 173 Å². The van der Waals surface area contributed by atoms with Crippen molar-refractivity contribution in [2.75, 3.05) is 4.90 Å². The number of rotatable bonds is 4. The van der Waals surface area contributed by atoms with Crippen LogP contribution in [0, 0.1) is 0 Å². The summed E-state index contributed by atoms with van der Waals surface area (Å²) in [5.74, 6) is 0. The zero-order valence-corrected chi connectivity index (χ0v) is 32.3. The third-order valence-corrected chi connectivity index (χ3v) is 13.4. The summed E-state index contributed by atoms with van der Waals surface area (Å²) in [6.07, 6.45) is 0. The van der Waals surface area contributed by atoms with Crippen molar-refractivity contribution >= 4 is 17.1 Å². The van der Waals surface area contributed by atoms with Crippen LogP contribution in [0.15, 0.2) is 188 Å². The van der Waals surface area contributed by atoms with Gasteiger partial charge in [0.05, 0.1) is 5.41 Å². The number of benzene rings is 8. The smallest absolute Gasteiger partial charge is 0.0719 e. The van der Waals surface area contributed by atoms with E-state index in [-0.39, 0.29) is 16.2 Å². The SMILES string of the molecule is CC1(C)c2ccccc2-c2ccc(N(c3ccccc3)c3ccc(-c4ccc5c(c4)-c4ccccc4C54c5ccccc5C(C)(C)c5ccccc54)cc3)cc21. The Labute approximate surface area is 330 Å². The van der Waals surface area contributed by atoms with Gasteiger partial charge in [0.15, 0.2) is 0 Å². The lowest BCUT2D eigenvalue weighted by molar-refractivity contribution is 0.563. The molecule has 1 heteroatoms. The van der Waals surface area contributed by atoms with Gasteiger partial charge >= 0.3 is 0 Å². The standard InChI is InChI=1S/C55H43N/c1-53(2)45-20-10-8-18-41(45)43-32-31-40(35-52(43)53)56(38-16-6-5-7-17-38)39-29-26-36(27-30-39)37-28-33-47-44(34-37)42-19-9-11-21-46(42)55(47)50-24-14-12-22-48(50)54(3,4)49-23-13-15-25-51(49)55/h5-35H,1-4H3. The third-order valence-electron chi connectivity index (χ3n) is 13.4. The van der Waals surface area contributed by atoms with Crippen LogP contribution < -0.4 is 4.90 Å². The Kier molecular flexibility index (Phi) is 6.93. The van der Waals surface area contributed by atoms with Crippen LogP contribution in [0.2, 0.25) is 0 Å². The summed E-state index contributed by atoms with van der Waals surface area (Å²) in [6, 6.07) is 70.5. The van der Waals surface area contributed by atoms with Crippen LogP contribution in [0.5, 0.6) is 0 Å². The minimum Gasteiger partial charge on any atom is -0.310 e. The summed E-state index contributed by atoms with van der Waals surface area (Å²) in [6.45, 7) is 9.48. The van der Waals surface area contributed by atoms with Crippen molar-refractivity contribution in [3.8, 4) is 33.4 Å². The molecule has 0 heterocycles. The predicted octanol–water partition coefficient (Wildman–Crippen LogP) is 14.1. The van der Waals surface area contributed by atoms with E-state index in [1.54, 1.807) is 0 Å². The van der Waals surface area contributed by atoms with Gasteiger partial charge in [0.2, 0.25) is 0 Å². The lowest BCUT2D eigenvalue weighted by Gasteiger charge is -2.46. The molecule has 1 nitrogen and oxygen atoms in total. The molecule has 0 radical (unpaired) electrons. The first-order chi connectivity index (χ1) is 27.3. The second kappa shape index (κ2) is 11.8. The Hall–Kier alpha value is -6.44. The van der Waals surface area contributed by atoms with Crippen molar-refractivity contribution in [1.82, 2.24) is 0 Å². The first kappa shape index (κ1) is 32.9. The molecule has 11 rings (SSSR count). The van der Waals surface area contributed by atoms with Crippen molar-refractivity contribution in [1.29, 1.82) is 0 Å². The van der Waals surface area contributed by atoms with Crippen molar-refractivity contribution in [2.45, 2.75) is 43.9 Å². The number of hydrogen-bond acceptors (Lipinski definition) is 1. The summed E-state index contributed by atoms with van der Waals surface area (Å²) in [5.41, 5.74) is 21.7. The van der Waals surface area contributed by atoms with Crippen LogP contribution in [0.1, 0.15) is 72.2 Å². The molecular formula is C55H43N. The Bertz CT molecular complexity index is 2810. The van der Waals surface area contributed by atoms with Gasteiger partial charge in [-0.2, -0.15) is 0 Å². The molecule has 0 aromatic heterocycles. The highest BCUT2D eigenvalue weighted by molar-refractivity contribution is 5.91. The zero-order valence-electron chi connectivity index (χ0n) is 32.3. The molecule has 0 amide bonds. The monoisotopic (exact) mass is 717 g/mol. The molecule has 56 heavy (non-hydrogen) atoms. The lowest BCUT2D eigenvalue weighted by atomic mass is 9.55. The van der Waals surface area contributed by atoms with Crippen LogP contribution in [-0.4, -0.2) is 0 Å². The van der Waals surface area contributed by atoms with Crippen molar-refractivity contribution in [3.05, 3.63) is 233 Å². The Morgan fingerprint density at radius 3 is 1.39 bits per heavy atom. The first-order valence-electron chi connectivity index (χ1n) is 19.9. The second-order valence-corrected chi connectivity index (χ2v) is 16.9. The van der Waals surface area contributed by atoms with Crippen LogP contribution in [0.4, 0.5) is 17.1 Å². The molecular weight excluding hydrogens is 675 g/mol. The van der Waals surface area contributed by atoms with E-state index < -0.39 is 0 Å². The maximum atomic E-state index is 2.44. The summed E-state index contributed by atoms with van der Waals surface area (Å²) in [7, 11) is 0. The highest BCUT2D eigenvalue weighted by atomic mass is 15.1. The highest BCUT2D eigenvalue weighted by Crippen LogP contribution is 2.62. The van der Waals surface area contributed by atoms with Crippen LogP contribution in [-0.2, 0) is 16.2 Å². The third kappa shape index (κ3) is 4.37. The van der Waals surface area contributed by atoms with Gasteiger partial charge < -0.3 is 4.90 Å². The van der Waals surface area contributed by atoms with Crippen molar-refractivity contribution in [3.63, 3.8) is 0 Å². The van der Waals surface area contributed by atoms with E-state index in [9.17, 15) is 0 Å². The van der Waals surface area contributed by atoms with Crippen LogP contribution >= 0.6 is 0 Å². The molecule has 8 aromatic carbocycles. The lowest BCUT2D eigenvalue weighted by Crippen LogP contribution is -2.40. The summed E-state index contributed by atoms with van der Waals surface area (Å²) < 4.78 is 0. The fraction of sp³-hybridized carbons (Fsp3) is 0.127. The molecule has 0 unspecified atom stereocenters. The van der Waals surface area contributed by atoms with Gasteiger partial charge in [0.1, 0.15) is 0 Å². The molecule has 1 spiro atoms. The number of anilines is 3. The molecule has 3 aliphatic rings. The minimum absolute atomic E-state index is 0.0725. The van der Waals surface area contributed by atoms with E-state index in [4.69, 9.17) is 0 Å². The van der Waals surface area contributed by atoms with Crippen molar-refractivity contribution < 1.29 is 0 Å². The van der Waals surface area contributed by atoms with Crippen LogP contribution in [0.3, 0.4) is 0 Å². The molecule has 0 saturated heterocycles. The second-order valence-electron chi connectivity index (χ2n) is 16.9. The van der Waals surface area contributed by atoms with Gasteiger partial charge in [0.25, 0.3) is 0 Å². The molecule has 0 saturated carbocycles. The quantitative estimate of drug-likeness (QED) is 0.175. The molecule has 0 N–H and O–H groups in total. The number of para-hydroxylation sites is 1. The van der Waals surface area contributed by atoms with Gasteiger partial charge in [-0.05, 0) is 120 Å². The maximum absolute atomic E-state index is 2.44. The summed E-state index contributed by atoms with van der Waals surface area (Å²) >= 11 is 0. The van der Waals surface area contributed by atoms with Gasteiger partial charge in [-0.15, -0.1) is 0 Å². The van der Waals surface area contributed by atoms with E-state index in [1.165, 1.54) is 83.6 Å². The van der Waals surface area contributed by atoms with E-state index in [0.29, 0.717) is 0 Å². The molecule has 0 bridgehead atoms. The maximum Gasteiger partial charge on any atom is 0.0719 e. The molecule has 0 atom stereocenters. The molecule has 0 aliphatic heterocycles. The topological polar surface area (TPSA) is 3.24 Å². The molecule has 3 aliphatic carbocycles. The molecule has 0 fully saturated rings. The van der Waals surface area contributed by atoms with Gasteiger partial charge in [-0.3, -0.25) is 0 Å². The molecule has 268 valence electrons. The summed E-state index contributed by atoms with van der Waals surface area (Å²) in [4.78, 5) is 2.39. The van der Waals surface area contributed by atoms with Gasteiger partial charge in [-0.25, -0.2) is 0 Å². The minimum atomic E-state index is -0.376. The van der Waals surface area contributed by atoms with E-state index in [2.05, 4.69) is 221 Å². The number of hydrogen-bond donors (Lipinski definition) is 0. The van der Waals surface area contributed by atoms with E-state index in [1.807, 2.05) is 0 Å². The Morgan fingerprint density at radius 2 is 0.732 bits per heavy atom. The fourth-order valence-corrected chi connectivity index (χ4v) is 10.7. The average molecular weight is 718 g/mol. The van der Waals surface area contributed by atoms with E-state index in [0.717, 1.165) is 11.4 Å². The Balaban J connectivity index is 1.03. The van der Waals surface area contributed by atoms with Gasteiger partial charge in [0, 0.05) is 27.9 Å². The van der Waals surface area contributed by atoms with Crippen molar-refractivity contribution in [2.24, 2.45) is 0 Å². The molecule has 8 aromatic rings. The number of fused-ring (bicyclic) bond motifs is 12.